The average Bonchev–Trinajstić information content (AvgIpc) is 3.23. The molecule has 0 atom stereocenters. The maximum atomic E-state index is 13.2. The lowest BCUT2D eigenvalue weighted by Gasteiger charge is -2.23. The van der Waals surface area contributed by atoms with Crippen molar-refractivity contribution in [2.24, 2.45) is 0 Å². The Bertz CT molecular complexity index is 1090. The van der Waals surface area contributed by atoms with Crippen LogP contribution in [0.3, 0.4) is 0 Å². The molecule has 1 aliphatic rings. The molecule has 2 heterocycles. The predicted octanol–water partition coefficient (Wildman–Crippen LogP) is 4.62. The molecule has 4 rings (SSSR count). The molecule has 3 amide bonds. The number of carbonyl (C=O) groups excluding carboxylic acids is 2. The maximum Gasteiger partial charge on any atom is 0.409 e. The third-order valence-corrected chi connectivity index (χ3v) is 5.52. The van der Waals surface area contributed by atoms with Crippen molar-refractivity contribution in [1.82, 2.24) is 14.8 Å². The Balaban J connectivity index is 1.40. The van der Waals surface area contributed by atoms with Gasteiger partial charge in [-0.2, -0.15) is 0 Å². The number of rotatable bonds is 8. The lowest BCUT2D eigenvalue weighted by molar-refractivity contribution is 0.158. The zero-order valence-electron chi connectivity index (χ0n) is 18.7. The van der Waals surface area contributed by atoms with Crippen LogP contribution in [0.5, 0.6) is 0 Å². The van der Waals surface area contributed by atoms with E-state index in [4.69, 9.17) is 4.74 Å². The van der Waals surface area contributed by atoms with Gasteiger partial charge in [0.15, 0.2) is 0 Å². The number of hydrogen-bond acceptors (Lipinski definition) is 4. The molecule has 3 aromatic rings. The van der Waals surface area contributed by atoms with Crippen LogP contribution < -0.4 is 5.32 Å². The van der Waals surface area contributed by atoms with Gasteiger partial charge >= 0.3 is 12.1 Å². The van der Waals surface area contributed by atoms with Crippen molar-refractivity contribution in [3.05, 3.63) is 95.3 Å². The summed E-state index contributed by atoms with van der Waals surface area (Å²) in [7, 11) is 0. The first kappa shape index (κ1) is 22.3. The van der Waals surface area contributed by atoms with E-state index < -0.39 is 0 Å². The number of anilines is 1. The highest BCUT2D eigenvalue weighted by Crippen LogP contribution is 2.15. The Labute approximate surface area is 194 Å². The standard InChI is InChI=1S/C26H28N4O3/c1-20-6-5-9-24(27-20)19-30(18-22-7-3-2-4-8-22)25(31)28-23-12-10-21(11-13-23)14-15-29-16-17-33-26(29)32/h2-13H,14-19H2,1H3,(H,28,31). The second-order valence-corrected chi connectivity index (χ2v) is 8.09. The molecule has 170 valence electrons. The smallest absolute Gasteiger partial charge is 0.409 e. The largest absolute Gasteiger partial charge is 0.448 e. The molecule has 0 aliphatic carbocycles. The second kappa shape index (κ2) is 10.6. The van der Waals surface area contributed by atoms with Crippen LogP contribution in [0, 0.1) is 6.92 Å². The fraction of sp³-hybridized carbons (Fsp3) is 0.269. The number of pyridine rings is 1. The Hall–Kier alpha value is -3.87. The first-order valence-corrected chi connectivity index (χ1v) is 11.1. The predicted molar refractivity (Wildman–Crippen MR) is 127 cm³/mol. The summed E-state index contributed by atoms with van der Waals surface area (Å²) in [6.45, 7) is 4.55. The Morgan fingerprint density at radius 2 is 1.79 bits per heavy atom. The van der Waals surface area contributed by atoms with Crippen molar-refractivity contribution in [3.63, 3.8) is 0 Å². The van der Waals surface area contributed by atoms with E-state index in [1.54, 1.807) is 9.80 Å². The number of amides is 3. The molecule has 0 saturated carbocycles. The molecule has 1 fully saturated rings. The van der Waals surface area contributed by atoms with Crippen LogP contribution >= 0.6 is 0 Å². The molecule has 1 saturated heterocycles. The molecular formula is C26H28N4O3. The minimum absolute atomic E-state index is 0.185. The number of ether oxygens (including phenoxy) is 1. The van der Waals surface area contributed by atoms with E-state index in [2.05, 4.69) is 10.3 Å². The summed E-state index contributed by atoms with van der Waals surface area (Å²) in [5, 5.41) is 3.00. The van der Waals surface area contributed by atoms with Gasteiger partial charge < -0.3 is 19.9 Å². The minimum Gasteiger partial charge on any atom is -0.448 e. The Morgan fingerprint density at radius 3 is 2.48 bits per heavy atom. The van der Waals surface area contributed by atoms with Crippen LogP contribution in [-0.4, -0.2) is 46.6 Å². The number of urea groups is 1. The van der Waals surface area contributed by atoms with Crippen LogP contribution in [0.15, 0.2) is 72.8 Å². The molecule has 1 N–H and O–H groups in total. The van der Waals surface area contributed by atoms with E-state index in [9.17, 15) is 9.59 Å². The van der Waals surface area contributed by atoms with Crippen LogP contribution in [0.1, 0.15) is 22.5 Å². The highest BCUT2D eigenvalue weighted by molar-refractivity contribution is 5.89. The van der Waals surface area contributed by atoms with Gasteiger partial charge in [-0.3, -0.25) is 4.98 Å². The number of cyclic esters (lactones) is 1. The van der Waals surface area contributed by atoms with Gasteiger partial charge in [0, 0.05) is 24.5 Å². The van der Waals surface area contributed by atoms with Crippen molar-refractivity contribution < 1.29 is 14.3 Å². The van der Waals surface area contributed by atoms with Gasteiger partial charge in [-0.25, -0.2) is 9.59 Å². The van der Waals surface area contributed by atoms with Crippen molar-refractivity contribution in [2.45, 2.75) is 26.4 Å². The molecule has 0 spiro atoms. The molecule has 33 heavy (non-hydrogen) atoms. The molecule has 0 unspecified atom stereocenters. The fourth-order valence-corrected chi connectivity index (χ4v) is 3.74. The lowest BCUT2D eigenvalue weighted by atomic mass is 10.1. The van der Waals surface area contributed by atoms with E-state index in [-0.39, 0.29) is 12.1 Å². The highest BCUT2D eigenvalue weighted by Gasteiger charge is 2.21. The minimum atomic E-state index is -0.250. The summed E-state index contributed by atoms with van der Waals surface area (Å²) in [5.41, 5.74) is 4.63. The average molecular weight is 445 g/mol. The normalized spacial score (nSPS) is 13.0. The monoisotopic (exact) mass is 444 g/mol. The second-order valence-electron chi connectivity index (χ2n) is 8.09. The molecule has 2 aromatic carbocycles. The van der Waals surface area contributed by atoms with E-state index in [1.165, 1.54) is 0 Å². The molecule has 7 heteroatoms. The number of benzene rings is 2. The first-order chi connectivity index (χ1) is 16.1. The number of nitrogens with one attached hydrogen (secondary N) is 1. The van der Waals surface area contributed by atoms with Gasteiger partial charge in [-0.1, -0.05) is 48.5 Å². The van der Waals surface area contributed by atoms with E-state index >= 15 is 0 Å². The molecule has 1 aliphatic heterocycles. The van der Waals surface area contributed by atoms with Crippen LogP contribution in [0.4, 0.5) is 15.3 Å². The van der Waals surface area contributed by atoms with Gasteiger partial charge in [-0.15, -0.1) is 0 Å². The van der Waals surface area contributed by atoms with E-state index in [1.807, 2.05) is 79.7 Å². The Kier molecular flexibility index (Phi) is 7.19. The van der Waals surface area contributed by atoms with Gasteiger partial charge in [-0.05, 0) is 48.7 Å². The summed E-state index contributed by atoms with van der Waals surface area (Å²) in [4.78, 5) is 32.7. The topological polar surface area (TPSA) is 74.8 Å². The first-order valence-electron chi connectivity index (χ1n) is 11.1. The number of aromatic nitrogens is 1. The van der Waals surface area contributed by atoms with E-state index in [0.29, 0.717) is 32.8 Å². The molecule has 0 radical (unpaired) electrons. The van der Waals surface area contributed by atoms with Crippen LogP contribution in [0.25, 0.3) is 0 Å². The molecule has 1 aromatic heterocycles. The van der Waals surface area contributed by atoms with Gasteiger partial charge in [0.05, 0.1) is 18.8 Å². The van der Waals surface area contributed by atoms with Crippen LogP contribution in [-0.2, 0) is 24.2 Å². The summed E-state index contributed by atoms with van der Waals surface area (Å²) >= 11 is 0. The SMILES string of the molecule is Cc1cccc(CN(Cc2ccccc2)C(=O)Nc2ccc(CCN3CCOC3=O)cc2)n1. The van der Waals surface area contributed by atoms with Crippen molar-refractivity contribution in [2.75, 3.05) is 25.0 Å². The molecule has 0 bridgehead atoms. The van der Waals surface area contributed by atoms with Crippen LogP contribution in [0.2, 0.25) is 0 Å². The number of hydrogen-bond donors (Lipinski definition) is 1. The fourth-order valence-electron chi connectivity index (χ4n) is 3.74. The summed E-state index contributed by atoms with van der Waals surface area (Å²) in [5.74, 6) is 0. The molecule has 7 nitrogen and oxygen atoms in total. The van der Waals surface area contributed by atoms with Crippen molar-refractivity contribution in [3.8, 4) is 0 Å². The van der Waals surface area contributed by atoms with Crippen molar-refractivity contribution >= 4 is 17.8 Å². The number of nitrogens with zero attached hydrogens (tertiary/aromatic N) is 3. The third-order valence-electron chi connectivity index (χ3n) is 5.52. The number of carbonyl (C=O) groups is 2. The van der Waals surface area contributed by atoms with Gasteiger partial charge in [0.2, 0.25) is 0 Å². The lowest BCUT2D eigenvalue weighted by Crippen LogP contribution is -2.34. The van der Waals surface area contributed by atoms with E-state index in [0.717, 1.165) is 34.6 Å². The summed E-state index contributed by atoms with van der Waals surface area (Å²) < 4.78 is 4.96. The summed E-state index contributed by atoms with van der Waals surface area (Å²) in [6.07, 6.45) is 0.489. The maximum absolute atomic E-state index is 13.2. The number of aryl methyl sites for hydroxylation is 1. The van der Waals surface area contributed by atoms with Crippen molar-refractivity contribution in [1.29, 1.82) is 0 Å². The quantitative estimate of drug-likeness (QED) is 0.550. The zero-order chi connectivity index (χ0) is 23.0. The van der Waals surface area contributed by atoms with Gasteiger partial charge in [0.25, 0.3) is 0 Å². The molecular weight excluding hydrogens is 416 g/mol. The zero-order valence-corrected chi connectivity index (χ0v) is 18.7. The highest BCUT2D eigenvalue weighted by atomic mass is 16.6. The Morgan fingerprint density at radius 1 is 1.00 bits per heavy atom. The summed E-state index contributed by atoms with van der Waals surface area (Å²) in [6, 6.07) is 23.3. The van der Waals surface area contributed by atoms with Gasteiger partial charge in [0.1, 0.15) is 6.61 Å². The third kappa shape index (κ3) is 6.32.